The summed E-state index contributed by atoms with van der Waals surface area (Å²) in [6.07, 6.45) is 0. The van der Waals surface area contributed by atoms with Crippen LogP contribution in [0.25, 0.3) is 0 Å². The molecule has 0 aromatic rings. The predicted molar refractivity (Wildman–Crippen MR) is 34.2 cm³/mol. The topological polar surface area (TPSA) is 212 Å². The van der Waals surface area contributed by atoms with Crippen molar-refractivity contribution in [1.82, 2.24) is 0 Å². The second-order valence-electron chi connectivity index (χ2n) is 2.59. The zero-order valence-electron chi connectivity index (χ0n) is 6.88. The summed E-state index contributed by atoms with van der Waals surface area (Å²) in [5, 5.41) is 83.1. The monoisotopic (exact) mass is 234 g/mol. The highest BCUT2D eigenvalue weighted by Gasteiger charge is 2.60. The van der Waals surface area contributed by atoms with Gasteiger partial charge in [0.15, 0.2) is 0 Å². The summed E-state index contributed by atoms with van der Waals surface area (Å²) in [4.78, 5) is 0. The molecule has 0 radical (unpaired) electrons. The van der Waals surface area contributed by atoms with E-state index in [1.165, 1.54) is 0 Å². The Morgan fingerprint density at radius 1 is 0.467 bits per heavy atom. The van der Waals surface area contributed by atoms with Crippen molar-refractivity contribution in [1.29, 1.82) is 0 Å². The van der Waals surface area contributed by atoms with Crippen LogP contribution < -0.4 is 0 Å². The lowest BCUT2D eigenvalue weighted by Gasteiger charge is -2.36. The van der Waals surface area contributed by atoms with Crippen LogP contribution in [0.3, 0.4) is 0 Å². The largest absolute Gasteiger partial charge is 0.369 e. The highest BCUT2D eigenvalue weighted by molar-refractivity contribution is 4.68. The van der Waals surface area contributed by atoms with E-state index >= 15 is 0 Å². The van der Waals surface area contributed by atoms with Gasteiger partial charge in [0.25, 0.3) is 0 Å². The van der Waals surface area contributed by atoms with Crippen LogP contribution in [0.5, 0.6) is 0 Å². The number of ether oxygens (including phenoxy) is 1. The Labute approximate surface area is 80.9 Å². The van der Waals surface area contributed by atoms with Crippen LogP contribution in [0.15, 0.2) is 0 Å². The van der Waals surface area contributed by atoms with Crippen molar-refractivity contribution in [2.24, 2.45) is 0 Å². The molecule has 0 heterocycles. The number of rotatable bonds is 4. The van der Waals surface area contributed by atoms with Crippen molar-refractivity contribution in [3.8, 4) is 0 Å². The molecule has 0 unspecified atom stereocenters. The summed E-state index contributed by atoms with van der Waals surface area (Å²) < 4.78 is 3.08. The number of aliphatic hydroxyl groups is 10. The molecule has 0 spiro atoms. The Balaban J connectivity index is 4.89. The Hall–Kier alpha value is -0.440. The third kappa shape index (κ3) is 3.26. The Kier molecular flexibility index (Phi) is 3.44. The fourth-order valence-corrected chi connectivity index (χ4v) is 0.335. The van der Waals surface area contributed by atoms with Crippen molar-refractivity contribution in [2.45, 2.75) is 23.9 Å². The van der Waals surface area contributed by atoms with Gasteiger partial charge in [-0.05, 0) is 0 Å². The van der Waals surface area contributed by atoms with Gasteiger partial charge in [0.05, 0.1) is 0 Å². The first-order valence-corrected chi connectivity index (χ1v) is 3.14. The van der Waals surface area contributed by atoms with Crippen LogP contribution in [0, 0.1) is 0 Å². The maximum Gasteiger partial charge on any atom is 0.369 e. The van der Waals surface area contributed by atoms with Gasteiger partial charge in [-0.25, -0.2) is 0 Å². The minimum atomic E-state index is -4.43. The highest BCUT2D eigenvalue weighted by atomic mass is 16.9. The van der Waals surface area contributed by atoms with Gasteiger partial charge in [-0.2, -0.15) is 0 Å². The fraction of sp³-hybridized carbons (Fsp3) is 1.00. The van der Waals surface area contributed by atoms with Crippen LogP contribution in [-0.2, 0) is 4.74 Å². The van der Waals surface area contributed by atoms with E-state index in [-0.39, 0.29) is 0 Å². The molecule has 0 fully saturated rings. The van der Waals surface area contributed by atoms with Crippen LogP contribution in [0.1, 0.15) is 0 Å². The van der Waals surface area contributed by atoms with E-state index in [1.807, 2.05) is 0 Å². The first-order chi connectivity index (χ1) is 6.21. The third-order valence-electron chi connectivity index (χ3n) is 1.16. The van der Waals surface area contributed by atoms with Crippen molar-refractivity contribution >= 4 is 0 Å². The summed E-state index contributed by atoms with van der Waals surface area (Å²) in [5.41, 5.74) is 0. The SMILES string of the molecule is OC(O)(O)C(O)(O)OC(O)(O)C(O)(O)O. The quantitative estimate of drug-likeness (QED) is 0.206. The molecule has 0 aliphatic heterocycles. The van der Waals surface area contributed by atoms with E-state index in [9.17, 15) is 0 Å². The van der Waals surface area contributed by atoms with Crippen LogP contribution in [0.2, 0.25) is 0 Å². The lowest BCUT2D eigenvalue weighted by atomic mass is 10.4. The highest BCUT2D eigenvalue weighted by Crippen LogP contribution is 2.25. The molecule has 11 nitrogen and oxygen atoms in total. The van der Waals surface area contributed by atoms with Gasteiger partial charge in [-0.15, -0.1) is 0 Å². The van der Waals surface area contributed by atoms with E-state index in [1.54, 1.807) is 0 Å². The molecule has 0 aromatic heterocycles. The summed E-state index contributed by atoms with van der Waals surface area (Å²) in [7, 11) is 0. The minimum Gasteiger partial charge on any atom is -0.337 e. The third-order valence-corrected chi connectivity index (χ3v) is 1.16. The van der Waals surface area contributed by atoms with Gasteiger partial charge < -0.3 is 51.1 Å². The molecule has 92 valence electrons. The van der Waals surface area contributed by atoms with Crippen molar-refractivity contribution in [3.05, 3.63) is 0 Å². The average Bonchev–Trinajstić information content (AvgIpc) is 1.77. The van der Waals surface area contributed by atoms with E-state index in [0.29, 0.717) is 0 Å². The standard InChI is InChI=1S/C4H10O11/c5-1(6,7)3(11,12)15-4(13,14)2(8,9)10/h5-14H. The summed E-state index contributed by atoms with van der Waals surface area (Å²) >= 11 is 0. The van der Waals surface area contributed by atoms with Crippen molar-refractivity contribution in [2.75, 3.05) is 0 Å². The molecule has 11 heteroatoms. The molecule has 0 saturated heterocycles. The molecular formula is C4H10O11. The van der Waals surface area contributed by atoms with E-state index in [2.05, 4.69) is 4.74 Å². The lowest BCUT2D eigenvalue weighted by molar-refractivity contribution is -0.617. The van der Waals surface area contributed by atoms with E-state index in [4.69, 9.17) is 51.1 Å². The van der Waals surface area contributed by atoms with Gasteiger partial charge >= 0.3 is 23.9 Å². The van der Waals surface area contributed by atoms with Gasteiger partial charge in [0, 0.05) is 0 Å². The smallest absolute Gasteiger partial charge is 0.337 e. The zero-order valence-corrected chi connectivity index (χ0v) is 6.88. The molecule has 10 N–H and O–H groups in total. The van der Waals surface area contributed by atoms with Gasteiger partial charge in [0.1, 0.15) is 0 Å². The van der Waals surface area contributed by atoms with Gasteiger partial charge in [-0.1, -0.05) is 0 Å². The Bertz CT molecular complexity index is 194. The molecule has 0 saturated carbocycles. The Morgan fingerprint density at radius 3 is 0.800 bits per heavy atom. The number of hydrogen-bond donors (Lipinski definition) is 10. The first-order valence-electron chi connectivity index (χ1n) is 3.14. The second-order valence-corrected chi connectivity index (χ2v) is 2.59. The molecular weight excluding hydrogens is 224 g/mol. The summed E-state index contributed by atoms with van der Waals surface area (Å²) in [5.74, 6) is -17.7. The molecule has 0 bridgehead atoms. The van der Waals surface area contributed by atoms with Gasteiger partial charge in [-0.3, -0.25) is 4.74 Å². The molecule has 0 atom stereocenters. The van der Waals surface area contributed by atoms with Crippen molar-refractivity contribution in [3.63, 3.8) is 0 Å². The zero-order chi connectivity index (χ0) is 12.7. The predicted octanol–water partition coefficient (Wildman–Crippen LogP) is -6.46. The molecule has 0 aliphatic rings. The van der Waals surface area contributed by atoms with E-state index in [0.717, 1.165) is 0 Å². The normalized spacial score (nSPS) is 15.6. The lowest BCUT2D eigenvalue weighted by Crippen LogP contribution is -2.66. The summed E-state index contributed by atoms with van der Waals surface area (Å²) in [6, 6.07) is 0. The first kappa shape index (κ1) is 14.6. The fourth-order valence-electron chi connectivity index (χ4n) is 0.335. The van der Waals surface area contributed by atoms with Crippen LogP contribution in [-0.4, -0.2) is 75.0 Å². The maximum absolute atomic E-state index is 8.48. The summed E-state index contributed by atoms with van der Waals surface area (Å²) in [6.45, 7) is 0. The second kappa shape index (κ2) is 3.55. The minimum absolute atomic E-state index is 3.08. The molecule has 0 rings (SSSR count). The Morgan fingerprint density at radius 2 is 0.667 bits per heavy atom. The van der Waals surface area contributed by atoms with Crippen molar-refractivity contribution < 1.29 is 55.8 Å². The van der Waals surface area contributed by atoms with Gasteiger partial charge in [0.2, 0.25) is 0 Å². The number of hydrogen-bond acceptors (Lipinski definition) is 11. The van der Waals surface area contributed by atoms with Crippen LogP contribution in [0.4, 0.5) is 0 Å². The molecule has 0 aliphatic carbocycles. The average molecular weight is 234 g/mol. The maximum atomic E-state index is 8.48. The molecule has 0 amide bonds. The molecule has 0 aromatic carbocycles. The molecule has 15 heavy (non-hydrogen) atoms. The van der Waals surface area contributed by atoms with Crippen LogP contribution >= 0.6 is 0 Å². The van der Waals surface area contributed by atoms with E-state index < -0.39 is 23.9 Å².